The summed E-state index contributed by atoms with van der Waals surface area (Å²) in [7, 11) is 0. The smallest absolute Gasteiger partial charge is 0.223 e. The number of para-hydroxylation sites is 1. The second-order valence-electron chi connectivity index (χ2n) is 5.06. The van der Waals surface area contributed by atoms with Crippen molar-refractivity contribution in [2.75, 3.05) is 0 Å². The van der Waals surface area contributed by atoms with Crippen molar-refractivity contribution >= 4 is 0 Å². The lowest BCUT2D eigenvalue weighted by atomic mass is 9.98. The van der Waals surface area contributed by atoms with Gasteiger partial charge in [0.2, 0.25) is 5.88 Å². The van der Waals surface area contributed by atoms with Crippen molar-refractivity contribution < 1.29 is 4.74 Å². The van der Waals surface area contributed by atoms with Gasteiger partial charge in [0.25, 0.3) is 0 Å². The molecule has 0 aliphatic heterocycles. The third-order valence-electron chi connectivity index (χ3n) is 3.72. The Bertz CT molecular complexity index is 581. The van der Waals surface area contributed by atoms with Crippen molar-refractivity contribution in [3.63, 3.8) is 0 Å². The van der Waals surface area contributed by atoms with Crippen LogP contribution in [0.25, 0.3) is 0 Å². The average Bonchev–Trinajstić information content (AvgIpc) is 2.47. The van der Waals surface area contributed by atoms with Crippen LogP contribution in [0.1, 0.15) is 42.9 Å². The van der Waals surface area contributed by atoms with E-state index in [2.05, 4.69) is 24.9 Å². The van der Waals surface area contributed by atoms with Crippen LogP contribution in [0, 0.1) is 6.92 Å². The molecule has 1 unspecified atom stereocenters. The Balaban J connectivity index is 2.38. The maximum absolute atomic E-state index is 6.04. The summed E-state index contributed by atoms with van der Waals surface area (Å²) < 4.78 is 6.04. The number of nitrogens with zero attached hydrogens (tertiary/aromatic N) is 1. The Kier molecular flexibility index (Phi) is 4.74. The summed E-state index contributed by atoms with van der Waals surface area (Å²) in [5, 5.41) is 0. The Morgan fingerprint density at radius 3 is 2.70 bits per heavy atom. The Labute approximate surface area is 120 Å². The number of nitrogens with two attached hydrogens (primary N) is 1. The molecule has 0 radical (unpaired) electrons. The molecule has 2 N–H and O–H groups in total. The van der Waals surface area contributed by atoms with E-state index in [1.807, 2.05) is 31.2 Å². The lowest BCUT2D eigenvalue weighted by Crippen LogP contribution is -2.05. The fraction of sp³-hybridized carbons (Fsp3) is 0.353. The molecule has 1 atom stereocenters. The fourth-order valence-corrected chi connectivity index (χ4v) is 2.20. The number of hydrogen-bond acceptors (Lipinski definition) is 3. The first-order valence-corrected chi connectivity index (χ1v) is 7.08. The van der Waals surface area contributed by atoms with Crippen LogP contribution in [0.3, 0.4) is 0 Å². The summed E-state index contributed by atoms with van der Waals surface area (Å²) in [6.07, 6.45) is 2.83. The highest BCUT2D eigenvalue weighted by Gasteiger charge is 2.13. The van der Waals surface area contributed by atoms with Gasteiger partial charge in [0.05, 0.1) is 0 Å². The Morgan fingerprint density at radius 1 is 1.25 bits per heavy atom. The van der Waals surface area contributed by atoms with Crippen LogP contribution in [0.5, 0.6) is 11.6 Å². The zero-order valence-electron chi connectivity index (χ0n) is 12.4. The standard InChI is InChI=1S/C17H22N2O/c1-4-12(2)14-7-5-6-8-16(14)20-17-15(11-18)13(3)9-10-19-17/h5-10,12H,4,11,18H2,1-3H3. The molecule has 0 spiro atoms. The van der Waals surface area contributed by atoms with Crippen LogP contribution in [0.2, 0.25) is 0 Å². The molecule has 2 rings (SSSR count). The summed E-state index contributed by atoms with van der Waals surface area (Å²) in [5.74, 6) is 1.94. The zero-order valence-corrected chi connectivity index (χ0v) is 12.4. The molecular formula is C17H22N2O. The number of hydrogen-bond donors (Lipinski definition) is 1. The predicted octanol–water partition coefficient (Wildman–Crippen LogP) is 4.15. The first kappa shape index (κ1) is 14.5. The molecule has 0 amide bonds. The Hall–Kier alpha value is -1.87. The number of rotatable bonds is 5. The second kappa shape index (κ2) is 6.53. The number of aryl methyl sites for hydroxylation is 1. The molecule has 106 valence electrons. The van der Waals surface area contributed by atoms with E-state index in [-0.39, 0.29) is 0 Å². The minimum atomic E-state index is 0.431. The SMILES string of the molecule is CCC(C)c1ccccc1Oc1nccc(C)c1CN. The fourth-order valence-electron chi connectivity index (χ4n) is 2.20. The minimum Gasteiger partial charge on any atom is -0.438 e. The quantitative estimate of drug-likeness (QED) is 0.887. The van der Waals surface area contributed by atoms with Crippen molar-refractivity contribution in [1.82, 2.24) is 4.98 Å². The van der Waals surface area contributed by atoms with Gasteiger partial charge in [0.15, 0.2) is 0 Å². The van der Waals surface area contributed by atoms with Gasteiger partial charge in [-0.2, -0.15) is 0 Å². The molecule has 0 aliphatic rings. The normalized spacial score (nSPS) is 12.2. The predicted molar refractivity (Wildman–Crippen MR) is 82.1 cm³/mol. The van der Waals surface area contributed by atoms with E-state index >= 15 is 0 Å². The molecule has 1 heterocycles. The molecule has 3 nitrogen and oxygen atoms in total. The molecule has 0 bridgehead atoms. The highest BCUT2D eigenvalue weighted by Crippen LogP contribution is 2.32. The van der Waals surface area contributed by atoms with Gasteiger partial charge in [-0.15, -0.1) is 0 Å². The summed E-state index contributed by atoms with van der Waals surface area (Å²) in [6.45, 7) is 6.84. The van der Waals surface area contributed by atoms with Gasteiger partial charge in [-0.25, -0.2) is 4.98 Å². The molecule has 0 saturated carbocycles. The van der Waals surface area contributed by atoms with Gasteiger partial charge < -0.3 is 10.5 Å². The lowest BCUT2D eigenvalue weighted by Gasteiger charge is -2.16. The van der Waals surface area contributed by atoms with Crippen molar-refractivity contribution in [1.29, 1.82) is 0 Å². The summed E-state index contributed by atoms with van der Waals surface area (Å²) in [6, 6.07) is 10.1. The second-order valence-corrected chi connectivity index (χ2v) is 5.06. The third kappa shape index (κ3) is 2.99. The molecule has 0 fully saturated rings. The molecule has 1 aromatic carbocycles. The zero-order chi connectivity index (χ0) is 14.5. The van der Waals surface area contributed by atoms with E-state index in [9.17, 15) is 0 Å². The number of ether oxygens (including phenoxy) is 1. The number of pyridine rings is 1. The van der Waals surface area contributed by atoms with Crippen LogP contribution in [-0.4, -0.2) is 4.98 Å². The summed E-state index contributed by atoms with van der Waals surface area (Å²) in [5.41, 5.74) is 9.09. The van der Waals surface area contributed by atoms with Crippen molar-refractivity contribution in [3.8, 4) is 11.6 Å². The molecular weight excluding hydrogens is 248 g/mol. The van der Waals surface area contributed by atoms with Gasteiger partial charge in [0, 0.05) is 18.3 Å². The maximum Gasteiger partial charge on any atom is 0.223 e. The lowest BCUT2D eigenvalue weighted by molar-refractivity contribution is 0.445. The molecule has 1 aromatic heterocycles. The van der Waals surface area contributed by atoms with Crippen LogP contribution in [0.4, 0.5) is 0 Å². The van der Waals surface area contributed by atoms with Gasteiger partial charge >= 0.3 is 0 Å². The van der Waals surface area contributed by atoms with Crippen LogP contribution in [0.15, 0.2) is 36.5 Å². The Morgan fingerprint density at radius 2 is 2.00 bits per heavy atom. The number of aromatic nitrogens is 1. The molecule has 0 saturated heterocycles. The minimum absolute atomic E-state index is 0.431. The van der Waals surface area contributed by atoms with E-state index in [4.69, 9.17) is 10.5 Å². The summed E-state index contributed by atoms with van der Waals surface area (Å²) >= 11 is 0. The first-order valence-electron chi connectivity index (χ1n) is 7.08. The van der Waals surface area contributed by atoms with E-state index < -0.39 is 0 Å². The van der Waals surface area contributed by atoms with Crippen LogP contribution >= 0.6 is 0 Å². The molecule has 3 heteroatoms. The highest BCUT2D eigenvalue weighted by molar-refractivity contribution is 5.41. The van der Waals surface area contributed by atoms with Crippen LogP contribution in [-0.2, 0) is 6.54 Å². The first-order chi connectivity index (χ1) is 9.67. The van der Waals surface area contributed by atoms with Crippen LogP contribution < -0.4 is 10.5 Å². The maximum atomic E-state index is 6.04. The number of benzene rings is 1. The van der Waals surface area contributed by atoms with Gasteiger partial charge in [-0.3, -0.25) is 0 Å². The third-order valence-corrected chi connectivity index (χ3v) is 3.72. The topological polar surface area (TPSA) is 48.1 Å². The van der Waals surface area contributed by atoms with Crippen molar-refractivity contribution in [3.05, 3.63) is 53.2 Å². The van der Waals surface area contributed by atoms with E-state index in [1.54, 1.807) is 6.20 Å². The van der Waals surface area contributed by atoms with Crippen molar-refractivity contribution in [2.45, 2.75) is 39.7 Å². The highest BCUT2D eigenvalue weighted by atomic mass is 16.5. The van der Waals surface area contributed by atoms with E-state index in [0.717, 1.165) is 23.3 Å². The average molecular weight is 270 g/mol. The molecule has 20 heavy (non-hydrogen) atoms. The molecule has 2 aromatic rings. The summed E-state index contributed by atoms with van der Waals surface area (Å²) in [4.78, 5) is 4.33. The van der Waals surface area contributed by atoms with Gasteiger partial charge in [-0.1, -0.05) is 32.0 Å². The van der Waals surface area contributed by atoms with Crippen molar-refractivity contribution in [2.24, 2.45) is 5.73 Å². The largest absolute Gasteiger partial charge is 0.438 e. The monoisotopic (exact) mass is 270 g/mol. The van der Waals surface area contributed by atoms with E-state index in [1.165, 1.54) is 5.56 Å². The molecule has 0 aliphatic carbocycles. The van der Waals surface area contributed by atoms with Gasteiger partial charge in [0.1, 0.15) is 5.75 Å². The van der Waals surface area contributed by atoms with Gasteiger partial charge in [-0.05, 0) is 42.5 Å². The van der Waals surface area contributed by atoms with E-state index in [0.29, 0.717) is 18.3 Å².